The molecule has 28 heavy (non-hydrogen) atoms. The van der Waals surface area contributed by atoms with Gasteiger partial charge in [-0.25, -0.2) is 4.79 Å². The zero-order chi connectivity index (χ0) is 20.9. The number of ether oxygens (including phenoxy) is 2. The summed E-state index contributed by atoms with van der Waals surface area (Å²) in [6.45, 7) is 6.86. The van der Waals surface area contributed by atoms with Crippen LogP contribution < -0.4 is 10.4 Å². The van der Waals surface area contributed by atoms with Crippen LogP contribution in [0.2, 0.25) is 0 Å². The van der Waals surface area contributed by atoms with E-state index in [0.717, 1.165) is 5.56 Å². The predicted octanol–water partition coefficient (Wildman–Crippen LogP) is 2.93. The van der Waals surface area contributed by atoms with Gasteiger partial charge < -0.3 is 24.1 Å². The number of methoxy groups -OCH3 is 1. The quantitative estimate of drug-likeness (QED) is 0.729. The fourth-order valence-corrected chi connectivity index (χ4v) is 3.07. The highest BCUT2D eigenvalue weighted by Gasteiger charge is 2.55. The molecule has 6 nitrogen and oxygen atoms in total. The Morgan fingerprint density at radius 2 is 1.75 bits per heavy atom. The normalized spacial score (nSPS) is 31.1. The van der Waals surface area contributed by atoms with Gasteiger partial charge in [0.2, 0.25) is 0 Å². The summed E-state index contributed by atoms with van der Waals surface area (Å²) in [7, 11) is 1.51. The molecule has 2 rings (SSSR count). The SMILES string of the molecule is COc1cc(=O)oc(C=CC=CC=CC=CC2(C)OC(C)C(C)(O)C2O)c1C. The molecule has 0 radical (unpaired) electrons. The van der Waals surface area contributed by atoms with Crippen LogP contribution in [0, 0.1) is 6.92 Å². The average molecular weight is 388 g/mol. The zero-order valence-corrected chi connectivity index (χ0v) is 16.9. The van der Waals surface area contributed by atoms with Crippen molar-refractivity contribution in [2.24, 2.45) is 0 Å². The maximum atomic E-state index is 11.5. The number of hydrogen-bond donors (Lipinski definition) is 2. The third kappa shape index (κ3) is 4.70. The van der Waals surface area contributed by atoms with Crippen molar-refractivity contribution in [3.05, 3.63) is 70.3 Å². The molecule has 2 N–H and O–H groups in total. The van der Waals surface area contributed by atoms with Gasteiger partial charge in [-0.2, -0.15) is 0 Å². The lowest BCUT2D eigenvalue weighted by atomic mass is 9.87. The molecule has 0 spiro atoms. The minimum absolute atomic E-state index is 0.444. The topological polar surface area (TPSA) is 89.1 Å². The lowest BCUT2D eigenvalue weighted by molar-refractivity contribution is -0.0579. The molecule has 0 amide bonds. The molecule has 0 saturated carbocycles. The van der Waals surface area contributed by atoms with Crippen LogP contribution in [0.5, 0.6) is 5.75 Å². The van der Waals surface area contributed by atoms with Crippen molar-refractivity contribution in [1.29, 1.82) is 0 Å². The van der Waals surface area contributed by atoms with Crippen LogP contribution in [0.3, 0.4) is 0 Å². The number of aliphatic hydroxyl groups is 2. The first-order chi connectivity index (χ1) is 13.1. The molecule has 1 aromatic heterocycles. The molecule has 152 valence electrons. The van der Waals surface area contributed by atoms with E-state index in [4.69, 9.17) is 13.9 Å². The van der Waals surface area contributed by atoms with E-state index in [-0.39, 0.29) is 0 Å². The number of allylic oxidation sites excluding steroid dienone is 6. The van der Waals surface area contributed by atoms with Gasteiger partial charge in [-0.15, -0.1) is 0 Å². The Morgan fingerprint density at radius 1 is 1.14 bits per heavy atom. The molecule has 0 aromatic carbocycles. The number of rotatable bonds is 6. The molecule has 1 aliphatic heterocycles. The summed E-state index contributed by atoms with van der Waals surface area (Å²) in [5.41, 5.74) is -1.95. The summed E-state index contributed by atoms with van der Waals surface area (Å²) in [6, 6.07) is 1.31. The van der Waals surface area contributed by atoms with Crippen molar-refractivity contribution in [1.82, 2.24) is 0 Å². The van der Waals surface area contributed by atoms with Crippen LogP contribution >= 0.6 is 0 Å². The first kappa shape index (κ1) is 21.9. The van der Waals surface area contributed by atoms with Crippen molar-refractivity contribution in [3.63, 3.8) is 0 Å². The highest BCUT2D eigenvalue weighted by molar-refractivity contribution is 5.52. The monoisotopic (exact) mass is 388 g/mol. The van der Waals surface area contributed by atoms with Gasteiger partial charge in [0.05, 0.1) is 19.3 Å². The fourth-order valence-electron chi connectivity index (χ4n) is 3.07. The van der Waals surface area contributed by atoms with Crippen LogP contribution in [0.4, 0.5) is 0 Å². The maximum Gasteiger partial charge on any atom is 0.339 e. The minimum atomic E-state index is -1.29. The highest BCUT2D eigenvalue weighted by Crippen LogP contribution is 2.38. The lowest BCUT2D eigenvalue weighted by Crippen LogP contribution is -2.47. The lowest BCUT2D eigenvalue weighted by Gasteiger charge is -2.27. The van der Waals surface area contributed by atoms with Gasteiger partial charge in [0.25, 0.3) is 0 Å². The standard InChI is InChI=1S/C22H28O6/c1-15-17(27-19(23)14-18(15)26-5)12-10-8-6-7-9-11-13-21(3)20(24)22(4,25)16(2)28-21/h6-14,16,20,24-25H,1-5H3. The van der Waals surface area contributed by atoms with Crippen molar-refractivity contribution >= 4 is 6.08 Å². The van der Waals surface area contributed by atoms with E-state index in [0.29, 0.717) is 11.5 Å². The van der Waals surface area contributed by atoms with Crippen LogP contribution in [-0.2, 0) is 4.74 Å². The minimum Gasteiger partial charge on any atom is -0.496 e. The molecule has 1 fully saturated rings. The summed E-state index contributed by atoms with van der Waals surface area (Å²) in [5, 5.41) is 20.5. The molecule has 1 aromatic rings. The summed E-state index contributed by atoms with van der Waals surface area (Å²) in [5.74, 6) is 0.933. The fraction of sp³-hybridized carbons (Fsp3) is 0.409. The van der Waals surface area contributed by atoms with Gasteiger partial charge in [-0.3, -0.25) is 0 Å². The van der Waals surface area contributed by atoms with Gasteiger partial charge in [0.15, 0.2) is 0 Å². The van der Waals surface area contributed by atoms with Crippen molar-refractivity contribution in [3.8, 4) is 5.75 Å². The Kier molecular flexibility index (Phi) is 6.82. The summed E-state index contributed by atoms with van der Waals surface area (Å²) < 4.78 is 16.0. The van der Waals surface area contributed by atoms with Crippen molar-refractivity contribution < 1.29 is 24.1 Å². The van der Waals surface area contributed by atoms with Gasteiger partial charge in [-0.05, 0) is 33.8 Å². The van der Waals surface area contributed by atoms with Gasteiger partial charge in [-0.1, -0.05) is 42.5 Å². The Balaban J connectivity index is 1.96. The van der Waals surface area contributed by atoms with Gasteiger partial charge in [0.1, 0.15) is 28.8 Å². The largest absolute Gasteiger partial charge is 0.496 e. The molecule has 2 heterocycles. The molecule has 4 atom stereocenters. The zero-order valence-electron chi connectivity index (χ0n) is 16.9. The second kappa shape index (κ2) is 8.73. The molecule has 4 unspecified atom stereocenters. The third-order valence-corrected chi connectivity index (χ3v) is 5.00. The second-order valence-electron chi connectivity index (χ2n) is 7.18. The van der Waals surface area contributed by atoms with E-state index in [1.54, 1.807) is 57.2 Å². The summed E-state index contributed by atoms with van der Waals surface area (Å²) >= 11 is 0. The molecule has 6 heteroatoms. The first-order valence-electron chi connectivity index (χ1n) is 9.08. The predicted molar refractivity (Wildman–Crippen MR) is 108 cm³/mol. The Morgan fingerprint density at radius 3 is 2.32 bits per heavy atom. The maximum absolute atomic E-state index is 11.5. The van der Waals surface area contributed by atoms with Gasteiger partial charge >= 0.3 is 5.63 Å². The van der Waals surface area contributed by atoms with Crippen LogP contribution in [-0.4, -0.2) is 40.7 Å². The molecular formula is C22H28O6. The van der Waals surface area contributed by atoms with Gasteiger partial charge in [0, 0.05) is 5.56 Å². The van der Waals surface area contributed by atoms with E-state index in [9.17, 15) is 15.0 Å². The highest BCUT2D eigenvalue weighted by atomic mass is 16.6. The molecular weight excluding hydrogens is 360 g/mol. The van der Waals surface area contributed by atoms with Crippen LogP contribution in [0.25, 0.3) is 6.08 Å². The van der Waals surface area contributed by atoms with Crippen molar-refractivity contribution in [2.75, 3.05) is 7.11 Å². The molecule has 1 aliphatic rings. The Labute approximate surface area is 165 Å². The van der Waals surface area contributed by atoms with E-state index < -0.39 is 29.0 Å². The molecule has 0 aliphatic carbocycles. The van der Waals surface area contributed by atoms with E-state index in [1.807, 2.05) is 19.1 Å². The van der Waals surface area contributed by atoms with E-state index in [2.05, 4.69) is 0 Å². The Hall–Kier alpha value is -2.41. The molecule has 1 saturated heterocycles. The average Bonchev–Trinajstić information content (AvgIpc) is 2.79. The molecule has 0 bridgehead atoms. The summed E-state index contributed by atoms with van der Waals surface area (Å²) in [6.07, 6.45) is 12.6. The second-order valence-corrected chi connectivity index (χ2v) is 7.18. The van der Waals surface area contributed by atoms with E-state index in [1.165, 1.54) is 13.2 Å². The third-order valence-electron chi connectivity index (χ3n) is 5.00. The van der Waals surface area contributed by atoms with Crippen LogP contribution in [0.15, 0.2) is 57.8 Å². The first-order valence-corrected chi connectivity index (χ1v) is 9.08. The Bertz CT molecular complexity index is 858. The number of aliphatic hydroxyl groups excluding tert-OH is 1. The summed E-state index contributed by atoms with van der Waals surface area (Å²) in [4.78, 5) is 11.5. The van der Waals surface area contributed by atoms with E-state index >= 15 is 0 Å². The van der Waals surface area contributed by atoms with Crippen LogP contribution in [0.1, 0.15) is 32.1 Å². The smallest absolute Gasteiger partial charge is 0.339 e. The number of hydrogen-bond acceptors (Lipinski definition) is 6. The van der Waals surface area contributed by atoms with Crippen molar-refractivity contribution in [2.45, 2.75) is 51.1 Å².